The van der Waals surface area contributed by atoms with Gasteiger partial charge in [-0.15, -0.1) is 0 Å². The average molecular weight is 217 g/mol. The minimum absolute atomic E-state index is 0.197. The first-order valence-electron chi connectivity index (χ1n) is 6.55. The maximum Gasteiger partial charge on any atom is 0.0230 e. The van der Waals surface area contributed by atoms with Gasteiger partial charge in [-0.05, 0) is 56.1 Å². The molecule has 2 N–H and O–H groups in total. The van der Waals surface area contributed by atoms with E-state index in [0.29, 0.717) is 5.92 Å². The lowest BCUT2D eigenvalue weighted by atomic mass is 9.82. The van der Waals surface area contributed by atoms with E-state index in [1.54, 1.807) is 5.57 Å². The summed E-state index contributed by atoms with van der Waals surface area (Å²) in [5, 5.41) is 0. The van der Waals surface area contributed by atoms with Crippen molar-refractivity contribution >= 4 is 0 Å². The predicted octanol–water partition coefficient (Wildman–Crippen LogP) is 3.73. The quantitative estimate of drug-likeness (QED) is 0.749. The third-order valence-corrected chi connectivity index (χ3v) is 3.77. The molecule has 2 aliphatic carbocycles. The van der Waals surface area contributed by atoms with Crippen molar-refractivity contribution in [2.75, 3.05) is 0 Å². The van der Waals surface area contributed by atoms with Crippen LogP contribution in [-0.4, -0.2) is 6.04 Å². The van der Waals surface area contributed by atoms with Crippen molar-refractivity contribution in [2.45, 2.75) is 52.0 Å². The zero-order chi connectivity index (χ0) is 11.5. The second-order valence-corrected chi connectivity index (χ2v) is 5.20. The number of rotatable bonds is 2. The Hall–Kier alpha value is -0.820. The smallest absolute Gasteiger partial charge is 0.0230 e. The largest absolute Gasteiger partial charge is 0.324 e. The maximum atomic E-state index is 6.03. The van der Waals surface area contributed by atoms with E-state index >= 15 is 0 Å². The lowest BCUT2D eigenvalue weighted by Crippen LogP contribution is -2.24. The van der Waals surface area contributed by atoms with Gasteiger partial charge in [-0.1, -0.05) is 30.7 Å². The number of hydrogen-bond acceptors (Lipinski definition) is 1. The highest BCUT2D eigenvalue weighted by Gasteiger charge is 2.18. The molecule has 0 aromatic carbocycles. The zero-order valence-corrected chi connectivity index (χ0v) is 10.5. The van der Waals surface area contributed by atoms with Crippen molar-refractivity contribution in [3.63, 3.8) is 0 Å². The van der Waals surface area contributed by atoms with Gasteiger partial charge in [0.1, 0.15) is 0 Å². The summed E-state index contributed by atoms with van der Waals surface area (Å²) in [7, 11) is 0. The normalized spacial score (nSPS) is 27.9. The van der Waals surface area contributed by atoms with Crippen LogP contribution in [0.3, 0.4) is 0 Å². The molecule has 0 saturated heterocycles. The van der Waals surface area contributed by atoms with E-state index in [9.17, 15) is 0 Å². The summed E-state index contributed by atoms with van der Waals surface area (Å²) >= 11 is 0. The molecule has 2 rings (SSSR count). The first kappa shape index (κ1) is 11.7. The van der Waals surface area contributed by atoms with Gasteiger partial charge < -0.3 is 5.73 Å². The summed E-state index contributed by atoms with van der Waals surface area (Å²) in [4.78, 5) is 0. The molecule has 2 unspecified atom stereocenters. The molecule has 1 heteroatoms. The maximum absolute atomic E-state index is 6.03. The third-order valence-electron chi connectivity index (χ3n) is 3.77. The third kappa shape index (κ3) is 2.46. The second kappa shape index (κ2) is 5.01. The minimum atomic E-state index is 0.197. The van der Waals surface area contributed by atoms with Gasteiger partial charge in [-0.25, -0.2) is 0 Å². The Morgan fingerprint density at radius 2 is 2.12 bits per heavy atom. The molecular formula is C15H23N. The summed E-state index contributed by atoms with van der Waals surface area (Å²) < 4.78 is 0. The summed E-state index contributed by atoms with van der Waals surface area (Å²) in [6.45, 7) is 4.37. The number of nitrogens with two attached hydrogens (primary N) is 1. The average Bonchev–Trinajstić information content (AvgIpc) is 2.30. The topological polar surface area (TPSA) is 26.0 Å². The van der Waals surface area contributed by atoms with Gasteiger partial charge in [0.15, 0.2) is 0 Å². The fraction of sp³-hybridized carbons (Fsp3) is 0.600. The van der Waals surface area contributed by atoms with Crippen LogP contribution in [-0.2, 0) is 0 Å². The summed E-state index contributed by atoms with van der Waals surface area (Å²) in [5.41, 5.74) is 10.5. The van der Waals surface area contributed by atoms with E-state index in [4.69, 9.17) is 5.73 Å². The molecule has 0 radical (unpaired) electrons. The molecule has 0 saturated carbocycles. The Bertz CT molecular complexity index is 344. The van der Waals surface area contributed by atoms with Crippen molar-refractivity contribution in [1.82, 2.24) is 0 Å². The van der Waals surface area contributed by atoms with Crippen LogP contribution in [0.1, 0.15) is 46.0 Å². The highest BCUT2D eigenvalue weighted by atomic mass is 14.6. The van der Waals surface area contributed by atoms with Crippen LogP contribution in [0.25, 0.3) is 0 Å². The highest BCUT2D eigenvalue weighted by Crippen LogP contribution is 2.32. The lowest BCUT2D eigenvalue weighted by molar-refractivity contribution is 0.615. The molecule has 2 atom stereocenters. The SMILES string of the molecule is CC(N)C1=CC(C2=CCCCC2)=CCC1C. The molecule has 0 fully saturated rings. The van der Waals surface area contributed by atoms with E-state index in [1.807, 2.05) is 0 Å². The monoisotopic (exact) mass is 217 g/mol. The fourth-order valence-electron chi connectivity index (χ4n) is 2.72. The van der Waals surface area contributed by atoms with Crippen LogP contribution in [0.4, 0.5) is 0 Å². The van der Waals surface area contributed by atoms with Crippen LogP contribution >= 0.6 is 0 Å². The molecule has 0 amide bonds. The predicted molar refractivity (Wildman–Crippen MR) is 70.1 cm³/mol. The Balaban J connectivity index is 2.20. The van der Waals surface area contributed by atoms with E-state index in [1.165, 1.54) is 36.8 Å². The Morgan fingerprint density at radius 1 is 1.31 bits per heavy atom. The Kier molecular flexibility index (Phi) is 3.65. The van der Waals surface area contributed by atoms with Crippen LogP contribution in [0.15, 0.2) is 34.9 Å². The molecule has 0 heterocycles. The molecule has 1 nitrogen and oxygen atoms in total. The fourth-order valence-corrected chi connectivity index (χ4v) is 2.72. The Labute approximate surface area is 99.1 Å². The summed E-state index contributed by atoms with van der Waals surface area (Å²) in [6.07, 6.45) is 13.5. The number of hydrogen-bond donors (Lipinski definition) is 1. The summed E-state index contributed by atoms with van der Waals surface area (Å²) in [5.74, 6) is 0.618. The first-order valence-corrected chi connectivity index (χ1v) is 6.55. The van der Waals surface area contributed by atoms with Gasteiger partial charge in [0.05, 0.1) is 0 Å². The van der Waals surface area contributed by atoms with Gasteiger partial charge >= 0.3 is 0 Å². The first-order chi connectivity index (χ1) is 7.68. The van der Waals surface area contributed by atoms with Gasteiger partial charge in [0, 0.05) is 6.04 Å². The standard InChI is InChI=1S/C15H23N/c1-11-8-9-14(10-15(11)12(2)16)13-6-4-3-5-7-13/h6,9-12H,3-5,7-8,16H2,1-2H3. The molecule has 0 spiro atoms. The van der Waals surface area contributed by atoms with E-state index < -0.39 is 0 Å². The zero-order valence-electron chi connectivity index (χ0n) is 10.5. The lowest BCUT2D eigenvalue weighted by Gasteiger charge is -2.25. The van der Waals surface area contributed by atoms with Crippen molar-refractivity contribution in [2.24, 2.45) is 11.7 Å². The van der Waals surface area contributed by atoms with Gasteiger partial charge in [0.2, 0.25) is 0 Å². The highest BCUT2D eigenvalue weighted by molar-refractivity contribution is 5.45. The van der Waals surface area contributed by atoms with Crippen LogP contribution in [0, 0.1) is 5.92 Å². The molecule has 0 aromatic rings. The van der Waals surface area contributed by atoms with E-state index in [0.717, 1.165) is 6.42 Å². The number of allylic oxidation sites excluding steroid dienone is 5. The molecule has 0 aliphatic heterocycles. The van der Waals surface area contributed by atoms with Gasteiger partial charge in [-0.3, -0.25) is 0 Å². The van der Waals surface area contributed by atoms with E-state index in [-0.39, 0.29) is 6.04 Å². The van der Waals surface area contributed by atoms with Crippen molar-refractivity contribution in [3.05, 3.63) is 34.9 Å². The van der Waals surface area contributed by atoms with Crippen molar-refractivity contribution in [1.29, 1.82) is 0 Å². The van der Waals surface area contributed by atoms with Crippen LogP contribution in [0.2, 0.25) is 0 Å². The molecule has 0 bridgehead atoms. The van der Waals surface area contributed by atoms with Gasteiger partial charge in [0.25, 0.3) is 0 Å². The minimum Gasteiger partial charge on any atom is -0.324 e. The second-order valence-electron chi connectivity index (χ2n) is 5.20. The molecule has 16 heavy (non-hydrogen) atoms. The van der Waals surface area contributed by atoms with Crippen LogP contribution < -0.4 is 5.73 Å². The van der Waals surface area contributed by atoms with E-state index in [2.05, 4.69) is 32.1 Å². The molecule has 88 valence electrons. The molecule has 2 aliphatic rings. The Morgan fingerprint density at radius 3 is 2.75 bits per heavy atom. The van der Waals surface area contributed by atoms with Gasteiger partial charge in [-0.2, -0.15) is 0 Å². The molecular weight excluding hydrogens is 194 g/mol. The van der Waals surface area contributed by atoms with Crippen molar-refractivity contribution in [3.8, 4) is 0 Å². The van der Waals surface area contributed by atoms with Crippen LogP contribution in [0.5, 0.6) is 0 Å². The van der Waals surface area contributed by atoms with Crippen molar-refractivity contribution < 1.29 is 0 Å². The molecule has 0 aromatic heterocycles. The summed E-state index contributed by atoms with van der Waals surface area (Å²) in [6, 6.07) is 0.197.